The zero-order valence-electron chi connectivity index (χ0n) is 10.8. The largest absolute Gasteiger partial charge is 0.396 e. The summed E-state index contributed by atoms with van der Waals surface area (Å²) in [6, 6.07) is 10.9. The molecule has 0 atom stereocenters. The number of nitrogen functional groups attached to an aromatic ring is 2. The minimum Gasteiger partial charge on any atom is -0.396 e. The van der Waals surface area contributed by atoms with Gasteiger partial charge in [0.25, 0.3) is 0 Å². The highest BCUT2D eigenvalue weighted by atomic mass is 15.1. The van der Waals surface area contributed by atoms with Crippen LogP contribution in [0.4, 0.5) is 11.5 Å². The third-order valence-corrected chi connectivity index (χ3v) is 3.14. The molecular weight excluding hydrogens is 266 g/mol. The van der Waals surface area contributed by atoms with Gasteiger partial charge in [0.1, 0.15) is 29.3 Å². The number of nitrogens with zero attached hydrogens (tertiary/aromatic N) is 5. The lowest BCUT2D eigenvalue weighted by atomic mass is 10.2. The van der Waals surface area contributed by atoms with Gasteiger partial charge in [-0.1, -0.05) is 0 Å². The van der Waals surface area contributed by atoms with Gasteiger partial charge in [0.15, 0.2) is 5.65 Å². The molecule has 0 aliphatic carbocycles. The van der Waals surface area contributed by atoms with Crippen LogP contribution in [0.3, 0.4) is 0 Å². The Morgan fingerprint density at radius 2 is 1.76 bits per heavy atom. The lowest BCUT2D eigenvalue weighted by Crippen LogP contribution is -2.03. The molecule has 2 aromatic heterocycles. The number of anilines is 2. The van der Waals surface area contributed by atoms with Gasteiger partial charge in [0.2, 0.25) is 0 Å². The number of pyridine rings is 1. The first-order valence-corrected chi connectivity index (χ1v) is 5.98. The molecule has 0 radical (unpaired) electrons. The average Bonchev–Trinajstić information content (AvgIpc) is 2.91. The number of aromatic nitrogens is 3. The third kappa shape index (κ3) is 1.81. The minimum atomic E-state index is 0.0675. The van der Waals surface area contributed by atoms with Gasteiger partial charge in [0, 0.05) is 5.69 Å². The Bertz CT molecular complexity index is 923. The number of fused-ring (bicyclic) bond motifs is 1. The molecule has 4 N–H and O–H groups in total. The fraction of sp³-hybridized carbons (Fsp3) is 0. The molecule has 0 aliphatic heterocycles. The van der Waals surface area contributed by atoms with Gasteiger partial charge in [-0.05, 0) is 24.3 Å². The molecule has 0 fully saturated rings. The number of hydrogen-bond donors (Lipinski definition) is 2. The van der Waals surface area contributed by atoms with Crippen molar-refractivity contribution < 1.29 is 0 Å². The topological polar surface area (TPSA) is 130 Å². The van der Waals surface area contributed by atoms with Gasteiger partial charge in [0.05, 0.1) is 17.3 Å². The zero-order chi connectivity index (χ0) is 15.0. The molecule has 0 saturated heterocycles. The van der Waals surface area contributed by atoms with Crippen LogP contribution in [0.15, 0.2) is 30.6 Å². The molecule has 0 spiro atoms. The first kappa shape index (κ1) is 12.5. The Morgan fingerprint density at radius 3 is 2.38 bits per heavy atom. The predicted molar refractivity (Wildman–Crippen MR) is 77.1 cm³/mol. The van der Waals surface area contributed by atoms with Gasteiger partial charge in [-0.15, -0.1) is 0 Å². The van der Waals surface area contributed by atoms with Crippen LogP contribution in [0, 0.1) is 22.7 Å². The number of rotatable bonds is 1. The number of benzene rings is 1. The first-order chi connectivity index (χ1) is 10.2. The van der Waals surface area contributed by atoms with E-state index in [1.807, 2.05) is 6.07 Å². The summed E-state index contributed by atoms with van der Waals surface area (Å²) in [5.74, 6) is 0.0675. The highest BCUT2D eigenvalue weighted by molar-refractivity contribution is 5.91. The van der Waals surface area contributed by atoms with Crippen molar-refractivity contribution in [2.75, 3.05) is 11.5 Å². The van der Waals surface area contributed by atoms with E-state index in [2.05, 4.69) is 16.0 Å². The molecule has 7 heteroatoms. The molecule has 0 unspecified atom stereocenters. The van der Waals surface area contributed by atoms with Crippen LogP contribution in [0.25, 0.3) is 16.9 Å². The van der Waals surface area contributed by atoms with Crippen LogP contribution >= 0.6 is 0 Å². The van der Waals surface area contributed by atoms with Crippen molar-refractivity contribution in [2.24, 2.45) is 0 Å². The minimum absolute atomic E-state index is 0.0675. The van der Waals surface area contributed by atoms with Crippen LogP contribution in [0.5, 0.6) is 0 Å². The summed E-state index contributed by atoms with van der Waals surface area (Å²) in [7, 11) is 0. The average molecular weight is 275 g/mol. The van der Waals surface area contributed by atoms with Crippen molar-refractivity contribution >= 4 is 22.7 Å². The second-order valence-electron chi connectivity index (χ2n) is 4.34. The highest BCUT2D eigenvalue weighted by Gasteiger charge is 2.15. The van der Waals surface area contributed by atoms with E-state index in [0.29, 0.717) is 16.7 Å². The molecule has 0 saturated carbocycles. The fourth-order valence-electron chi connectivity index (χ4n) is 2.07. The molecule has 3 aromatic rings. The molecule has 3 rings (SSSR count). The van der Waals surface area contributed by atoms with Gasteiger partial charge in [-0.2, -0.15) is 10.5 Å². The van der Waals surface area contributed by atoms with Gasteiger partial charge in [-0.25, -0.2) is 9.97 Å². The predicted octanol–water partition coefficient (Wildman–Crippen LogP) is 1.33. The molecule has 21 heavy (non-hydrogen) atoms. The Kier molecular flexibility index (Phi) is 2.68. The van der Waals surface area contributed by atoms with E-state index in [-0.39, 0.29) is 17.1 Å². The summed E-state index contributed by atoms with van der Waals surface area (Å²) < 4.78 is 1.70. The van der Waals surface area contributed by atoms with Crippen LogP contribution in [-0.2, 0) is 0 Å². The van der Waals surface area contributed by atoms with E-state index in [0.717, 1.165) is 5.69 Å². The van der Waals surface area contributed by atoms with Crippen molar-refractivity contribution in [3.63, 3.8) is 0 Å². The van der Waals surface area contributed by atoms with E-state index in [1.165, 1.54) is 0 Å². The van der Waals surface area contributed by atoms with Crippen LogP contribution < -0.4 is 11.5 Å². The van der Waals surface area contributed by atoms with Gasteiger partial charge >= 0.3 is 0 Å². The van der Waals surface area contributed by atoms with Crippen LogP contribution in [0.1, 0.15) is 11.1 Å². The van der Waals surface area contributed by atoms with Crippen molar-refractivity contribution in [1.29, 1.82) is 10.5 Å². The molecule has 0 bridgehead atoms. The summed E-state index contributed by atoms with van der Waals surface area (Å²) in [5.41, 5.74) is 14.2. The van der Waals surface area contributed by atoms with Gasteiger partial charge in [-0.3, -0.25) is 4.57 Å². The lowest BCUT2D eigenvalue weighted by molar-refractivity contribution is 1.07. The maximum absolute atomic E-state index is 9.03. The Hall–Kier alpha value is -3.58. The first-order valence-electron chi connectivity index (χ1n) is 5.98. The van der Waals surface area contributed by atoms with E-state index in [9.17, 15) is 0 Å². The van der Waals surface area contributed by atoms with Crippen molar-refractivity contribution in [1.82, 2.24) is 14.5 Å². The summed E-state index contributed by atoms with van der Waals surface area (Å²) in [4.78, 5) is 8.39. The van der Waals surface area contributed by atoms with Crippen molar-refractivity contribution in [2.45, 2.75) is 0 Å². The Balaban J connectivity index is 2.26. The molecular formula is C14H9N7. The number of hydrogen-bond acceptors (Lipinski definition) is 6. The van der Waals surface area contributed by atoms with E-state index in [4.69, 9.17) is 22.0 Å². The Labute approximate surface area is 119 Å². The molecule has 7 nitrogen and oxygen atoms in total. The van der Waals surface area contributed by atoms with E-state index >= 15 is 0 Å². The maximum Gasteiger partial charge on any atom is 0.169 e. The lowest BCUT2D eigenvalue weighted by Gasteiger charge is -2.06. The van der Waals surface area contributed by atoms with Crippen molar-refractivity contribution in [3.8, 4) is 17.8 Å². The summed E-state index contributed by atoms with van der Waals surface area (Å²) in [6.45, 7) is 0. The third-order valence-electron chi connectivity index (χ3n) is 3.14. The maximum atomic E-state index is 9.03. The zero-order valence-corrected chi connectivity index (χ0v) is 10.8. The standard InChI is InChI=1S/C14H9N7/c15-5-8-1-3-9(4-2-8)21-7-19-12-11(17)10(6-16)13(18)20-14(12)21/h1-4,7H,(H4,17,18,20). The molecule has 1 aromatic carbocycles. The van der Waals surface area contributed by atoms with E-state index in [1.54, 1.807) is 35.2 Å². The van der Waals surface area contributed by atoms with Crippen LogP contribution in [0.2, 0.25) is 0 Å². The fourth-order valence-corrected chi connectivity index (χ4v) is 2.07. The smallest absolute Gasteiger partial charge is 0.169 e. The monoisotopic (exact) mass is 275 g/mol. The SMILES string of the molecule is N#Cc1ccc(-n2cnc3c(N)c(C#N)c(N)nc32)cc1. The number of imidazole rings is 1. The second-order valence-corrected chi connectivity index (χ2v) is 4.34. The highest BCUT2D eigenvalue weighted by Crippen LogP contribution is 2.27. The molecule has 2 heterocycles. The molecule has 0 aliphatic rings. The molecule has 100 valence electrons. The summed E-state index contributed by atoms with van der Waals surface area (Å²) in [6.07, 6.45) is 1.55. The van der Waals surface area contributed by atoms with Crippen molar-refractivity contribution in [3.05, 3.63) is 41.7 Å². The summed E-state index contributed by atoms with van der Waals surface area (Å²) >= 11 is 0. The quantitative estimate of drug-likeness (QED) is 0.688. The normalized spacial score (nSPS) is 10.2. The number of nitrogens with two attached hydrogens (primary N) is 2. The van der Waals surface area contributed by atoms with Crippen LogP contribution in [-0.4, -0.2) is 14.5 Å². The molecule has 0 amide bonds. The van der Waals surface area contributed by atoms with Gasteiger partial charge < -0.3 is 11.5 Å². The number of nitriles is 2. The van der Waals surface area contributed by atoms with E-state index < -0.39 is 0 Å². The second kappa shape index (κ2) is 4.51. The Morgan fingerprint density at radius 1 is 1.05 bits per heavy atom. The summed E-state index contributed by atoms with van der Waals surface area (Å²) in [5, 5.41) is 17.8.